The van der Waals surface area contributed by atoms with Gasteiger partial charge >= 0.3 is 0 Å². The molecule has 1 atom stereocenters. The molecule has 0 radical (unpaired) electrons. The van der Waals surface area contributed by atoms with Crippen LogP contribution in [0.2, 0.25) is 0 Å². The molecule has 0 aliphatic heterocycles. The molecule has 1 aliphatic carbocycles. The Morgan fingerprint density at radius 3 is 1.95 bits per heavy atom. The summed E-state index contributed by atoms with van der Waals surface area (Å²) in [6, 6.07) is 19.2. The maximum atomic E-state index is 12.2. The van der Waals surface area contributed by atoms with Crippen molar-refractivity contribution >= 4 is 16.9 Å². The first kappa shape index (κ1) is 11.9. The van der Waals surface area contributed by atoms with Crippen molar-refractivity contribution in [3.05, 3.63) is 71.8 Å². The summed E-state index contributed by atoms with van der Waals surface area (Å²) in [4.78, 5) is 12.2. The molecular formula is C17H14O2. The van der Waals surface area contributed by atoms with Gasteiger partial charge < -0.3 is 5.11 Å². The van der Waals surface area contributed by atoms with E-state index < -0.39 is 6.10 Å². The van der Waals surface area contributed by atoms with Crippen LogP contribution in [0.1, 0.15) is 17.5 Å². The van der Waals surface area contributed by atoms with Gasteiger partial charge in [0.15, 0.2) is 5.78 Å². The van der Waals surface area contributed by atoms with Crippen molar-refractivity contribution in [1.82, 2.24) is 0 Å². The van der Waals surface area contributed by atoms with Crippen LogP contribution in [0.15, 0.2) is 60.7 Å². The van der Waals surface area contributed by atoms with E-state index in [0.717, 1.165) is 16.7 Å². The summed E-state index contributed by atoms with van der Waals surface area (Å²) in [6.07, 6.45) is -0.529. The van der Waals surface area contributed by atoms with Crippen molar-refractivity contribution in [2.45, 2.75) is 12.5 Å². The Morgan fingerprint density at radius 1 is 0.842 bits per heavy atom. The number of Topliss-reactive ketones (excluding diaryl/α,β-unsaturated/α-hetero) is 1. The zero-order valence-electron chi connectivity index (χ0n) is 10.4. The standard InChI is InChI=1S/C17H14O2/c18-14-11-15(19)17(13-9-5-2-6-10-13)16(14)12-7-3-1-4-8-12/h1-10,14,18H,11H2. The number of carbonyl (C=O) groups is 1. The zero-order chi connectivity index (χ0) is 13.2. The van der Waals surface area contributed by atoms with Crippen LogP contribution in [0.25, 0.3) is 11.1 Å². The Morgan fingerprint density at radius 2 is 1.37 bits per heavy atom. The van der Waals surface area contributed by atoms with Gasteiger partial charge in [0, 0.05) is 12.0 Å². The van der Waals surface area contributed by atoms with Crippen LogP contribution in [0.3, 0.4) is 0 Å². The van der Waals surface area contributed by atoms with E-state index in [1.54, 1.807) is 0 Å². The molecule has 0 heterocycles. The van der Waals surface area contributed by atoms with Crippen LogP contribution in [-0.2, 0) is 4.79 Å². The molecule has 1 N–H and O–H groups in total. The third-order valence-corrected chi connectivity index (χ3v) is 3.41. The second kappa shape index (κ2) is 4.82. The van der Waals surface area contributed by atoms with E-state index in [1.165, 1.54) is 0 Å². The van der Waals surface area contributed by atoms with Crippen molar-refractivity contribution in [2.24, 2.45) is 0 Å². The molecule has 0 saturated heterocycles. The van der Waals surface area contributed by atoms with Crippen molar-refractivity contribution in [3.8, 4) is 0 Å². The molecule has 0 amide bonds. The number of allylic oxidation sites excluding steroid dienone is 1. The normalized spacial score (nSPS) is 19.0. The molecule has 2 nitrogen and oxygen atoms in total. The van der Waals surface area contributed by atoms with E-state index >= 15 is 0 Å². The van der Waals surface area contributed by atoms with E-state index in [1.807, 2.05) is 60.7 Å². The lowest BCUT2D eigenvalue weighted by atomic mass is 9.96. The Hall–Kier alpha value is -2.19. The van der Waals surface area contributed by atoms with Crippen LogP contribution in [0.4, 0.5) is 0 Å². The van der Waals surface area contributed by atoms with Gasteiger partial charge in [0.2, 0.25) is 0 Å². The van der Waals surface area contributed by atoms with Crippen molar-refractivity contribution in [3.63, 3.8) is 0 Å². The van der Waals surface area contributed by atoms with E-state index in [9.17, 15) is 9.90 Å². The minimum atomic E-state index is -0.704. The predicted octanol–water partition coefficient (Wildman–Crippen LogP) is 2.93. The van der Waals surface area contributed by atoms with E-state index in [-0.39, 0.29) is 12.2 Å². The maximum absolute atomic E-state index is 12.2. The summed E-state index contributed by atoms with van der Waals surface area (Å²) in [5.74, 6) is 0.0116. The van der Waals surface area contributed by atoms with E-state index in [2.05, 4.69) is 0 Å². The Labute approximate surface area is 112 Å². The zero-order valence-corrected chi connectivity index (χ0v) is 10.4. The largest absolute Gasteiger partial charge is 0.388 e. The molecule has 0 aromatic heterocycles. The number of rotatable bonds is 2. The van der Waals surface area contributed by atoms with E-state index in [0.29, 0.717) is 5.57 Å². The Balaban J connectivity index is 2.21. The number of hydrogen-bond acceptors (Lipinski definition) is 2. The molecule has 1 aliphatic rings. The molecule has 2 aromatic rings. The highest BCUT2D eigenvalue weighted by Crippen LogP contribution is 2.37. The van der Waals surface area contributed by atoms with Gasteiger partial charge in [-0.05, 0) is 16.7 Å². The SMILES string of the molecule is O=C1CC(O)C(c2ccccc2)=C1c1ccccc1. The first-order chi connectivity index (χ1) is 9.27. The lowest BCUT2D eigenvalue weighted by Gasteiger charge is -2.10. The van der Waals surface area contributed by atoms with Gasteiger partial charge in [-0.1, -0.05) is 60.7 Å². The van der Waals surface area contributed by atoms with Gasteiger partial charge in [-0.15, -0.1) is 0 Å². The van der Waals surface area contributed by atoms with Crippen LogP contribution in [-0.4, -0.2) is 17.0 Å². The maximum Gasteiger partial charge on any atom is 0.166 e. The number of benzene rings is 2. The predicted molar refractivity (Wildman–Crippen MR) is 75.3 cm³/mol. The fourth-order valence-electron chi connectivity index (χ4n) is 2.57. The molecule has 1 unspecified atom stereocenters. The molecule has 0 bridgehead atoms. The molecule has 3 rings (SSSR count). The van der Waals surface area contributed by atoms with Gasteiger partial charge in [-0.2, -0.15) is 0 Å². The molecule has 2 heteroatoms. The van der Waals surface area contributed by atoms with Crippen LogP contribution in [0.5, 0.6) is 0 Å². The monoisotopic (exact) mass is 250 g/mol. The number of hydrogen-bond donors (Lipinski definition) is 1. The molecule has 19 heavy (non-hydrogen) atoms. The van der Waals surface area contributed by atoms with Crippen molar-refractivity contribution in [2.75, 3.05) is 0 Å². The summed E-state index contributed by atoms with van der Waals surface area (Å²) in [6.45, 7) is 0. The van der Waals surface area contributed by atoms with Gasteiger partial charge in [-0.25, -0.2) is 0 Å². The number of aliphatic hydroxyl groups excluding tert-OH is 1. The summed E-state index contributed by atoms with van der Waals surface area (Å²) in [5.41, 5.74) is 3.19. The highest BCUT2D eigenvalue weighted by molar-refractivity contribution is 6.32. The second-order valence-corrected chi connectivity index (χ2v) is 4.66. The Kier molecular flexibility index (Phi) is 3.02. The van der Waals surface area contributed by atoms with Gasteiger partial charge in [0.05, 0.1) is 6.10 Å². The molecule has 0 spiro atoms. The van der Waals surface area contributed by atoms with Crippen molar-refractivity contribution in [1.29, 1.82) is 0 Å². The molecule has 0 saturated carbocycles. The highest BCUT2D eigenvalue weighted by atomic mass is 16.3. The second-order valence-electron chi connectivity index (χ2n) is 4.66. The summed E-state index contributed by atoms with van der Waals surface area (Å²) in [7, 11) is 0. The fraction of sp³-hybridized carbons (Fsp3) is 0.118. The molecular weight excluding hydrogens is 236 g/mol. The fourth-order valence-corrected chi connectivity index (χ4v) is 2.57. The molecule has 0 fully saturated rings. The first-order valence-electron chi connectivity index (χ1n) is 6.33. The van der Waals surface area contributed by atoms with Crippen LogP contribution in [0, 0.1) is 0 Å². The van der Waals surface area contributed by atoms with Gasteiger partial charge in [-0.3, -0.25) is 4.79 Å². The lowest BCUT2D eigenvalue weighted by molar-refractivity contribution is -0.114. The van der Waals surface area contributed by atoms with Crippen molar-refractivity contribution < 1.29 is 9.90 Å². The number of ketones is 1. The first-order valence-corrected chi connectivity index (χ1v) is 6.33. The Bertz CT molecular complexity index is 627. The van der Waals surface area contributed by atoms with Gasteiger partial charge in [0.25, 0.3) is 0 Å². The van der Waals surface area contributed by atoms with Crippen LogP contribution < -0.4 is 0 Å². The molecule has 94 valence electrons. The number of carbonyl (C=O) groups excluding carboxylic acids is 1. The van der Waals surface area contributed by atoms with Gasteiger partial charge in [0.1, 0.15) is 0 Å². The minimum absolute atomic E-state index is 0.0116. The quantitative estimate of drug-likeness (QED) is 0.889. The summed E-state index contributed by atoms with van der Waals surface area (Å²) < 4.78 is 0. The average Bonchev–Trinajstić information content (AvgIpc) is 2.75. The average molecular weight is 250 g/mol. The highest BCUT2D eigenvalue weighted by Gasteiger charge is 2.32. The lowest BCUT2D eigenvalue weighted by Crippen LogP contribution is -2.05. The summed E-state index contributed by atoms with van der Waals surface area (Å²) in [5, 5.41) is 10.2. The van der Waals surface area contributed by atoms with E-state index in [4.69, 9.17) is 0 Å². The molecule has 2 aromatic carbocycles. The number of aliphatic hydroxyl groups is 1. The van der Waals surface area contributed by atoms with Crippen LogP contribution >= 0.6 is 0 Å². The topological polar surface area (TPSA) is 37.3 Å². The smallest absolute Gasteiger partial charge is 0.166 e. The third kappa shape index (κ3) is 2.11. The summed E-state index contributed by atoms with van der Waals surface area (Å²) >= 11 is 0. The minimum Gasteiger partial charge on any atom is -0.388 e. The third-order valence-electron chi connectivity index (χ3n) is 3.41.